The molecule has 0 spiro atoms. The van der Waals surface area contributed by atoms with Crippen molar-refractivity contribution in [1.82, 2.24) is 0 Å². The number of carboxylic acid groups (broad SMARTS) is 1. The molecular weight excluding hydrogens is 374 g/mol. The van der Waals surface area contributed by atoms with E-state index >= 15 is 0 Å². The number of ether oxygens (including phenoxy) is 2. The second kappa shape index (κ2) is 8.06. The van der Waals surface area contributed by atoms with E-state index < -0.39 is 5.97 Å². The maximum atomic E-state index is 11.1. The van der Waals surface area contributed by atoms with Crippen LogP contribution < -0.4 is 14.8 Å². The molecule has 2 aromatic rings. The van der Waals surface area contributed by atoms with Crippen molar-refractivity contribution in [2.24, 2.45) is 0 Å². The van der Waals surface area contributed by atoms with Crippen LogP contribution in [-0.2, 0) is 6.54 Å². The molecule has 0 unspecified atom stereocenters. The molecule has 0 heterocycles. The van der Waals surface area contributed by atoms with Gasteiger partial charge in [0.1, 0.15) is 0 Å². The Labute approximate surface area is 149 Å². The van der Waals surface area contributed by atoms with Crippen molar-refractivity contribution in [2.75, 3.05) is 19.0 Å². The molecule has 0 aliphatic carbocycles. The standard InChI is InChI=1S/C18H20BrNO4/c1-4-24-17-13(7-14(19)9-16(17)23-3)10-20-15-8-12(18(21)22)6-5-11(15)2/h5-9,20H,4,10H2,1-3H3,(H,21,22). The van der Waals surface area contributed by atoms with Gasteiger partial charge in [0.15, 0.2) is 11.5 Å². The number of nitrogens with one attached hydrogen (secondary N) is 1. The zero-order valence-corrected chi connectivity index (χ0v) is 15.4. The van der Waals surface area contributed by atoms with Crippen LogP contribution in [0.4, 0.5) is 5.69 Å². The van der Waals surface area contributed by atoms with E-state index in [0.29, 0.717) is 24.7 Å². The quantitative estimate of drug-likeness (QED) is 0.725. The van der Waals surface area contributed by atoms with E-state index in [2.05, 4.69) is 21.2 Å². The lowest BCUT2D eigenvalue weighted by Gasteiger charge is -2.17. The van der Waals surface area contributed by atoms with Crippen molar-refractivity contribution in [3.05, 3.63) is 51.5 Å². The Morgan fingerprint density at radius 2 is 2.04 bits per heavy atom. The van der Waals surface area contributed by atoms with Gasteiger partial charge >= 0.3 is 5.97 Å². The first kappa shape index (κ1) is 18.1. The number of methoxy groups -OCH3 is 1. The fourth-order valence-corrected chi connectivity index (χ4v) is 2.83. The molecule has 0 saturated carbocycles. The van der Waals surface area contributed by atoms with Crippen LogP contribution in [0.3, 0.4) is 0 Å². The number of hydrogen-bond donors (Lipinski definition) is 2. The van der Waals surface area contributed by atoms with E-state index in [9.17, 15) is 4.79 Å². The Morgan fingerprint density at radius 3 is 2.67 bits per heavy atom. The second-order valence-electron chi connectivity index (χ2n) is 5.22. The molecule has 0 saturated heterocycles. The highest BCUT2D eigenvalue weighted by molar-refractivity contribution is 9.10. The molecule has 2 N–H and O–H groups in total. The van der Waals surface area contributed by atoms with Gasteiger partial charge in [-0.1, -0.05) is 22.0 Å². The molecule has 2 rings (SSSR count). The summed E-state index contributed by atoms with van der Waals surface area (Å²) >= 11 is 3.47. The largest absolute Gasteiger partial charge is 0.493 e. The van der Waals surface area contributed by atoms with Gasteiger partial charge in [-0.15, -0.1) is 0 Å². The van der Waals surface area contributed by atoms with Crippen molar-refractivity contribution < 1.29 is 19.4 Å². The number of carboxylic acids is 1. The van der Waals surface area contributed by atoms with Crippen LogP contribution in [0.25, 0.3) is 0 Å². The predicted octanol–water partition coefficient (Wildman–Crippen LogP) is 4.48. The molecule has 0 aromatic heterocycles. The van der Waals surface area contributed by atoms with Gasteiger partial charge in [0.25, 0.3) is 0 Å². The summed E-state index contributed by atoms with van der Waals surface area (Å²) in [7, 11) is 1.60. The third-order valence-corrected chi connectivity index (χ3v) is 4.02. The summed E-state index contributed by atoms with van der Waals surface area (Å²) in [4.78, 5) is 11.1. The van der Waals surface area contributed by atoms with Gasteiger partial charge in [0.2, 0.25) is 0 Å². The second-order valence-corrected chi connectivity index (χ2v) is 6.13. The van der Waals surface area contributed by atoms with Crippen LogP contribution in [0.2, 0.25) is 0 Å². The minimum absolute atomic E-state index is 0.250. The van der Waals surface area contributed by atoms with Crippen molar-refractivity contribution in [3.63, 3.8) is 0 Å². The number of benzene rings is 2. The lowest BCUT2D eigenvalue weighted by molar-refractivity contribution is 0.0697. The Morgan fingerprint density at radius 1 is 1.29 bits per heavy atom. The molecule has 0 fully saturated rings. The summed E-state index contributed by atoms with van der Waals surface area (Å²) in [6.07, 6.45) is 0. The smallest absolute Gasteiger partial charge is 0.335 e. The number of aromatic carboxylic acids is 1. The number of hydrogen-bond acceptors (Lipinski definition) is 4. The Bertz CT molecular complexity index is 746. The molecule has 0 bridgehead atoms. The van der Waals surface area contributed by atoms with Gasteiger partial charge in [-0.25, -0.2) is 4.79 Å². The summed E-state index contributed by atoms with van der Waals surface area (Å²) in [6, 6.07) is 8.82. The molecule has 0 amide bonds. The van der Waals surface area contributed by atoms with Gasteiger partial charge in [0.05, 0.1) is 19.3 Å². The van der Waals surface area contributed by atoms with Gasteiger partial charge in [0, 0.05) is 22.3 Å². The summed E-state index contributed by atoms with van der Waals surface area (Å²) in [6.45, 7) is 4.85. The zero-order chi connectivity index (χ0) is 17.7. The molecular formula is C18H20BrNO4. The minimum atomic E-state index is -0.947. The van der Waals surface area contributed by atoms with Gasteiger partial charge in [-0.2, -0.15) is 0 Å². The molecule has 2 aromatic carbocycles. The van der Waals surface area contributed by atoms with Crippen LogP contribution in [0.5, 0.6) is 11.5 Å². The number of carbonyl (C=O) groups is 1. The topological polar surface area (TPSA) is 67.8 Å². The lowest BCUT2D eigenvalue weighted by atomic mass is 10.1. The molecule has 6 heteroatoms. The van der Waals surface area contributed by atoms with Crippen LogP contribution in [-0.4, -0.2) is 24.8 Å². The van der Waals surface area contributed by atoms with Crippen molar-refractivity contribution in [3.8, 4) is 11.5 Å². The maximum absolute atomic E-state index is 11.1. The van der Waals surface area contributed by atoms with Crippen molar-refractivity contribution >= 4 is 27.6 Å². The first-order valence-corrected chi connectivity index (χ1v) is 8.32. The van der Waals surface area contributed by atoms with Crippen LogP contribution in [0.15, 0.2) is 34.8 Å². The number of anilines is 1. The molecule has 0 radical (unpaired) electrons. The van der Waals surface area contributed by atoms with E-state index in [4.69, 9.17) is 14.6 Å². The van der Waals surface area contributed by atoms with E-state index in [1.54, 1.807) is 25.3 Å². The third kappa shape index (κ3) is 4.20. The highest BCUT2D eigenvalue weighted by atomic mass is 79.9. The normalized spacial score (nSPS) is 10.3. The van der Waals surface area contributed by atoms with E-state index in [1.807, 2.05) is 26.0 Å². The first-order valence-electron chi connectivity index (χ1n) is 7.53. The number of halogens is 1. The van der Waals surface area contributed by atoms with E-state index in [-0.39, 0.29) is 5.56 Å². The van der Waals surface area contributed by atoms with Crippen molar-refractivity contribution in [2.45, 2.75) is 20.4 Å². The van der Waals surface area contributed by atoms with Crippen LogP contribution in [0, 0.1) is 6.92 Å². The summed E-state index contributed by atoms with van der Waals surface area (Å²) in [5.74, 6) is 0.388. The molecule has 128 valence electrons. The summed E-state index contributed by atoms with van der Waals surface area (Å²) in [5.41, 5.74) is 2.92. The summed E-state index contributed by atoms with van der Waals surface area (Å²) < 4.78 is 12.0. The Hall–Kier alpha value is -2.21. The Kier molecular flexibility index (Phi) is 6.09. The number of aryl methyl sites for hydroxylation is 1. The monoisotopic (exact) mass is 393 g/mol. The van der Waals surface area contributed by atoms with Crippen LogP contribution in [0.1, 0.15) is 28.4 Å². The molecule has 0 aliphatic rings. The maximum Gasteiger partial charge on any atom is 0.335 e. The zero-order valence-electron chi connectivity index (χ0n) is 13.9. The third-order valence-electron chi connectivity index (χ3n) is 3.56. The fraction of sp³-hybridized carbons (Fsp3) is 0.278. The number of rotatable bonds is 7. The highest BCUT2D eigenvalue weighted by Gasteiger charge is 2.13. The fourth-order valence-electron chi connectivity index (χ4n) is 2.35. The van der Waals surface area contributed by atoms with Crippen LogP contribution >= 0.6 is 15.9 Å². The average Bonchev–Trinajstić information content (AvgIpc) is 2.55. The molecule has 24 heavy (non-hydrogen) atoms. The SMILES string of the molecule is CCOc1c(CNc2cc(C(=O)O)ccc2C)cc(Br)cc1OC. The van der Waals surface area contributed by atoms with E-state index in [0.717, 1.165) is 21.3 Å². The van der Waals surface area contributed by atoms with Crippen molar-refractivity contribution in [1.29, 1.82) is 0 Å². The predicted molar refractivity (Wildman–Crippen MR) is 97.3 cm³/mol. The minimum Gasteiger partial charge on any atom is -0.493 e. The molecule has 0 atom stereocenters. The van der Waals surface area contributed by atoms with Gasteiger partial charge in [-0.3, -0.25) is 0 Å². The highest BCUT2D eigenvalue weighted by Crippen LogP contribution is 2.35. The van der Waals surface area contributed by atoms with E-state index in [1.165, 1.54) is 0 Å². The van der Waals surface area contributed by atoms with Gasteiger partial charge < -0.3 is 19.9 Å². The first-order chi connectivity index (χ1) is 11.5. The molecule has 5 nitrogen and oxygen atoms in total. The van der Waals surface area contributed by atoms with Gasteiger partial charge in [-0.05, 0) is 43.7 Å². The summed E-state index contributed by atoms with van der Waals surface area (Å²) in [5, 5.41) is 12.4. The average molecular weight is 394 g/mol. The molecule has 0 aliphatic heterocycles. The Balaban J connectivity index is 2.30. The lowest BCUT2D eigenvalue weighted by Crippen LogP contribution is -2.07.